The fourth-order valence-corrected chi connectivity index (χ4v) is 2.38. The number of nitrogens with zero attached hydrogens (tertiary/aromatic N) is 4. The summed E-state index contributed by atoms with van der Waals surface area (Å²) in [7, 11) is 0. The molecule has 0 atom stereocenters. The maximum absolute atomic E-state index is 10.7. The van der Waals surface area contributed by atoms with E-state index < -0.39 is 4.92 Å². The molecule has 8 heteroatoms. The van der Waals surface area contributed by atoms with Crippen LogP contribution < -0.4 is 5.43 Å². The largest absolute Gasteiger partial charge is 0.269 e. The number of nitro groups is 1. The number of benzene rings is 2. The lowest BCUT2D eigenvalue weighted by atomic mass is 10.1. The fraction of sp³-hybridized carbons (Fsp3) is 0.0625. The highest BCUT2D eigenvalue weighted by Gasteiger charge is 2.08. The zero-order valence-electron chi connectivity index (χ0n) is 12.6. The lowest BCUT2D eigenvalue weighted by molar-refractivity contribution is -0.384. The van der Waals surface area contributed by atoms with Crippen LogP contribution in [0.3, 0.4) is 0 Å². The Kier molecular flexibility index (Phi) is 4.35. The van der Waals surface area contributed by atoms with E-state index in [1.54, 1.807) is 19.1 Å². The van der Waals surface area contributed by atoms with Crippen molar-refractivity contribution in [1.29, 1.82) is 0 Å². The molecule has 0 aliphatic rings. The summed E-state index contributed by atoms with van der Waals surface area (Å²) in [5, 5.41) is 24.8. The Morgan fingerprint density at radius 3 is 2.46 bits per heavy atom. The smallest absolute Gasteiger partial charge is 0.259 e. The molecule has 0 fully saturated rings. The predicted molar refractivity (Wildman–Crippen MR) is 93.5 cm³/mol. The van der Waals surface area contributed by atoms with E-state index in [9.17, 15) is 10.1 Å². The first-order valence-corrected chi connectivity index (χ1v) is 7.40. The fourth-order valence-electron chi connectivity index (χ4n) is 2.18. The van der Waals surface area contributed by atoms with E-state index in [0.29, 0.717) is 16.7 Å². The molecule has 0 unspecified atom stereocenters. The average molecular weight is 342 g/mol. The molecule has 1 heterocycles. The number of anilines is 1. The van der Waals surface area contributed by atoms with Crippen LogP contribution in [0.15, 0.2) is 53.6 Å². The van der Waals surface area contributed by atoms with E-state index in [-0.39, 0.29) is 5.69 Å². The molecule has 1 aromatic heterocycles. The minimum atomic E-state index is -0.441. The van der Waals surface area contributed by atoms with Crippen LogP contribution in [-0.4, -0.2) is 20.8 Å². The molecule has 0 amide bonds. The van der Waals surface area contributed by atoms with Crippen molar-refractivity contribution in [1.82, 2.24) is 10.2 Å². The highest BCUT2D eigenvalue weighted by atomic mass is 35.5. The molecular weight excluding hydrogens is 330 g/mol. The predicted octanol–water partition coefficient (Wildman–Crippen LogP) is 4.03. The molecule has 7 nitrogen and oxygen atoms in total. The minimum Gasteiger partial charge on any atom is -0.259 e. The first kappa shape index (κ1) is 15.8. The Bertz CT molecular complexity index is 941. The quantitative estimate of drug-likeness (QED) is 0.439. The monoisotopic (exact) mass is 341 g/mol. The summed E-state index contributed by atoms with van der Waals surface area (Å²) in [4.78, 5) is 10.2. The molecular formula is C16H12ClN5O2. The zero-order valence-corrected chi connectivity index (χ0v) is 13.4. The molecule has 3 rings (SSSR count). The van der Waals surface area contributed by atoms with Gasteiger partial charge in [-0.2, -0.15) is 5.10 Å². The molecule has 0 aliphatic carbocycles. The topological polar surface area (TPSA) is 93.3 Å². The van der Waals surface area contributed by atoms with Crippen LogP contribution in [0, 0.1) is 10.1 Å². The lowest BCUT2D eigenvalue weighted by Crippen LogP contribution is -2.02. The molecule has 1 N–H and O–H groups in total. The van der Waals surface area contributed by atoms with Gasteiger partial charge in [0.2, 0.25) is 0 Å². The highest BCUT2D eigenvalue weighted by Crippen LogP contribution is 2.25. The van der Waals surface area contributed by atoms with E-state index in [1.165, 1.54) is 12.1 Å². The molecule has 0 saturated heterocycles. The molecule has 0 spiro atoms. The molecule has 2 aromatic carbocycles. The second-order valence-corrected chi connectivity index (χ2v) is 5.36. The van der Waals surface area contributed by atoms with E-state index in [4.69, 9.17) is 11.6 Å². The first-order valence-electron chi connectivity index (χ1n) is 7.02. The maximum Gasteiger partial charge on any atom is 0.269 e. The third-order valence-electron chi connectivity index (χ3n) is 3.47. The van der Waals surface area contributed by atoms with Gasteiger partial charge in [-0.15, -0.1) is 10.2 Å². The van der Waals surface area contributed by atoms with Crippen LogP contribution in [0.25, 0.3) is 10.8 Å². The molecule has 0 bridgehead atoms. The Morgan fingerprint density at radius 2 is 1.79 bits per heavy atom. The third kappa shape index (κ3) is 3.16. The van der Waals surface area contributed by atoms with Gasteiger partial charge < -0.3 is 0 Å². The van der Waals surface area contributed by atoms with Gasteiger partial charge in [-0.25, -0.2) is 0 Å². The number of hydrogen-bond acceptors (Lipinski definition) is 6. The summed E-state index contributed by atoms with van der Waals surface area (Å²) in [6.07, 6.45) is 0. The zero-order chi connectivity index (χ0) is 17.1. The summed E-state index contributed by atoms with van der Waals surface area (Å²) < 4.78 is 0. The average Bonchev–Trinajstić information content (AvgIpc) is 2.61. The highest BCUT2D eigenvalue weighted by molar-refractivity contribution is 6.34. The van der Waals surface area contributed by atoms with Gasteiger partial charge in [0.05, 0.1) is 10.6 Å². The van der Waals surface area contributed by atoms with Gasteiger partial charge >= 0.3 is 0 Å². The van der Waals surface area contributed by atoms with Crippen molar-refractivity contribution in [2.75, 3.05) is 5.43 Å². The van der Waals surface area contributed by atoms with Gasteiger partial charge in [0.1, 0.15) is 0 Å². The van der Waals surface area contributed by atoms with Gasteiger partial charge in [-0.05, 0) is 24.6 Å². The van der Waals surface area contributed by atoms with Crippen LogP contribution in [0.5, 0.6) is 0 Å². The van der Waals surface area contributed by atoms with Crippen molar-refractivity contribution in [2.45, 2.75) is 6.92 Å². The number of halogens is 1. The molecule has 120 valence electrons. The van der Waals surface area contributed by atoms with Gasteiger partial charge in [0, 0.05) is 22.9 Å². The molecule has 0 aliphatic heterocycles. The number of fused-ring (bicyclic) bond motifs is 1. The van der Waals surface area contributed by atoms with Crippen molar-refractivity contribution in [3.8, 4) is 0 Å². The van der Waals surface area contributed by atoms with Crippen molar-refractivity contribution in [3.63, 3.8) is 0 Å². The SMILES string of the molecule is CC(=NNc1nnc(Cl)c2ccccc12)c1ccc([N+](=O)[O-])cc1. The normalized spacial score (nSPS) is 11.5. The van der Waals surface area contributed by atoms with Crippen molar-refractivity contribution >= 4 is 39.6 Å². The second-order valence-electron chi connectivity index (χ2n) is 5.00. The van der Waals surface area contributed by atoms with Crippen LogP contribution in [-0.2, 0) is 0 Å². The van der Waals surface area contributed by atoms with Gasteiger partial charge in [-0.3, -0.25) is 15.5 Å². The van der Waals surface area contributed by atoms with Crippen LogP contribution in [0.4, 0.5) is 11.5 Å². The summed E-state index contributed by atoms with van der Waals surface area (Å²) in [5.74, 6) is 0.483. The molecule has 3 aromatic rings. The third-order valence-corrected chi connectivity index (χ3v) is 3.75. The van der Waals surface area contributed by atoms with E-state index >= 15 is 0 Å². The number of nitrogens with one attached hydrogen (secondary N) is 1. The Labute approximate surface area is 142 Å². The van der Waals surface area contributed by atoms with Gasteiger partial charge in [0.15, 0.2) is 11.0 Å². The summed E-state index contributed by atoms with van der Waals surface area (Å²) >= 11 is 6.04. The minimum absolute atomic E-state index is 0.0362. The standard InChI is InChI=1S/C16H12ClN5O2/c1-10(11-6-8-12(9-7-11)22(23)24)18-20-16-14-5-3-2-4-13(14)15(17)19-21-16/h2-9H,1H3,(H,20,21). The maximum atomic E-state index is 10.7. The summed E-state index contributed by atoms with van der Waals surface area (Å²) in [6.45, 7) is 1.79. The van der Waals surface area contributed by atoms with E-state index in [1.807, 2.05) is 24.3 Å². The van der Waals surface area contributed by atoms with Crippen molar-refractivity contribution in [2.24, 2.45) is 5.10 Å². The Balaban J connectivity index is 1.88. The van der Waals surface area contributed by atoms with Gasteiger partial charge in [-0.1, -0.05) is 35.9 Å². The van der Waals surface area contributed by atoms with E-state index in [0.717, 1.165) is 16.3 Å². The second kappa shape index (κ2) is 6.59. The molecule has 0 radical (unpaired) electrons. The lowest BCUT2D eigenvalue weighted by Gasteiger charge is -2.06. The van der Waals surface area contributed by atoms with Gasteiger partial charge in [0.25, 0.3) is 5.69 Å². The van der Waals surface area contributed by atoms with Crippen molar-refractivity contribution in [3.05, 3.63) is 69.4 Å². The number of non-ortho nitro benzene ring substituents is 1. The molecule has 24 heavy (non-hydrogen) atoms. The van der Waals surface area contributed by atoms with Crippen LogP contribution >= 0.6 is 11.6 Å². The first-order chi connectivity index (χ1) is 11.6. The number of hydrogen-bond donors (Lipinski definition) is 1. The Hall–Kier alpha value is -3.06. The summed E-state index contributed by atoms with van der Waals surface area (Å²) in [5.41, 5.74) is 4.33. The number of rotatable bonds is 4. The Morgan fingerprint density at radius 1 is 1.12 bits per heavy atom. The number of hydrazone groups is 1. The van der Waals surface area contributed by atoms with Crippen LogP contribution in [0.2, 0.25) is 5.15 Å². The number of aromatic nitrogens is 2. The van der Waals surface area contributed by atoms with Crippen molar-refractivity contribution < 1.29 is 4.92 Å². The number of nitro benzene ring substituents is 1. The van der Waals surface area contributed by atoms with E-state index in [2.05, 4.69) is 20.7 Å². The summed E-state index contributed by atoms with van der Waals surface area (Å²) in [6, 6.07) is 13.6. The molecule has 0 saturated carbocycles. The van der Waals surface area contributed by atoms with Crippen LogP contribution in [0.1, 0.15) is 12.5 Å².